The van der Waals surface area contributed by atoms with Crippen LogP contribution in [0.3, 0.4) is 0 Å². The molecule has 1 fully saturated rings. The molecule has 4 nitrogen and oxygen atoms in total. The summed E-state index contributed by atoms with van der Waals surface area (Å²) in [6, 6.07) is 7.27. The lowest BCUT2D eigenvalue weighted by atomic mass is 10.3. The highest BCUT2D eigenvalue weighted by Gasteiger charge is 2.32. The topological polar surface area (TPSA) is 45.6 Å². The predicted octanol–water partition coefficient (Wildman–Crippen LogP) is 4.37. The summed E-state index contributed by atoms with van der Waals surface area (Å²) in [4.78, 5) is 23.2. The molecule has 0 spiro atoms. The molecule has 3 rings (SSSR count). The van der Waals surface area contributed by atoms with Crippen LogP contribution < -0.4 is 0 Å². The van der Waals surface area contributed by atoms with Crippen molar-refractivity contribution in [2.75, 3.05) is 6.54 Å². The van der Waals surface area contributed by atoms with Crippen molar-refractivity contribution in [2.24, 2.45) is 4.99 Å². The van der Waals surface area contributed by atoms with Gasteiger partial charge in [0, 0.05) is 22.2 Å². The molecule has 0 N–H and O–H groups in total. The molecule has 1 saturated heterocycles. The molecule has 0 bridgehead atoms. The zero-order valence-corrected chi connectivity index (χ0v) is 14.5. The fourth-order valence-electron chi connectivity index (χ4n) is 2.10. The van der Waals surface area contributed by atoms with Crippen molar-refractivity contribution in [3.05, 3.63) is 45.4 Å². The van der Waals surface area contributed by atoms with E-state index >= 15 is 0 Å². The van der Waals surface area contributed by atoms with E-state index in [0.717, 1.165) is 10.7 Å². The number of hydrogen-bond acceptors (Lipinski definition) is 5. The molecule has 114 valence electrons. The summed E-state index contributed by atoms with van der Waals surface area (Å²) in [7, 11) is 0. The number of nitrogens with zero attached hydrogens (tertiary/aromatic N) is 3. The van der Waals surface area contributed by atoms with Crippen molar-refractivity contribution in [3.63, 3.8) is 0 Å². The predicted molar refractivity (Wildman–Crippen MR) is 93.5 cm³/mol. The van der Waals surface area contributed by atoms with Crippen LogP contribution in [0.5, 0.6) is 0 Å². The van der Waals surface area contributed by atoms with Crippen LogP contribution in [0.2, 0.25) is 5.02 Å². The van der Waals surface area contributed by atoms with E-state index in [1.807, 2.05) is 19.1 Å². The number of benzene rings is 1. The molecule has 2 aromatic rings. The average Bonchev–Trinajstić information content (AvgIpc) is 3.07. The molecule has 1 unspecified atom stereocenters. The number of halogens is 1. The van der Waals surface area contributed by atoms with Crippen LogP contribution >= 0.6 is 34.7 Å². The summed E-state index contributed by atoms with van der Waals surface area (Å²) in [6.45, 7) is 4.62. The summed E-state index contributed by atoms with van der Waals surface area (Å²) >= 11 is 8.97. The van der Waals surface area contributed by atoms with Gasteiger partial charge in [-0.25, -0.2) is 9.98 Å². The van der Waals surface area contributed by atoms with Crippen LogP contribution in [-0.2, 0) is 0 Å². The molecule has 1 aromatic heterocycles. The van der Waals surface area contributed by atoms with Crippen LogP contribution in [0.15, 0.2) is 34.6 Å². The molecular formula is C15H14ClN3OS2. The lowest BCUT2D eigenvalue weighted by Gasteiger charge is -2.14. The van der Waals surface area contributed by atoms with E-state index in [9.17, 15) is 4.79 Å². The van der Waals surface area contributed by atoms with Crippen LogP contribution in [0.25, 0.3) is 0 Å². The Labute approximate surface area is 142 Å². The molecule has 1 atom stereocenters. The lowest BCUT2D eigenvalue weighted by molar-refractivity contribution is 0.0850. The number of aromatic nitrogens is 1. The van der Waals surface area contributed by atoms with Crippen LogP contribution in [-0.4, -0.2) is 32.8 Å². The monoisotopic (exact) mass is 351 g/mol. The van der Waals surface area contributed by atoms with Gasteiger partial charge in [0.25, 0.3) is 5.91 Å². The maximum absolute atomic E-state index is 12.6. The van der Waals surface area contributed by atoms with Gasteiger partial charge in [-0.15, -0.1) is 11.3 Å². The zero-order chi connectivity index (χ0) is 15.7. The Balaban J connectivity index is 1.88. The van der Waals surface area contributed by atoms with Gasteiger partial charge in [0.1, 0.15) is 5.69 Å². The number of carbonyl (C=O) groups is 1. The Bertz CT molecular complexity index is 727. The summed E-state index contributed by atoms with van der Waals surface area (Å²) in [6.07, 6.45) is 0. The van der Waals surface area contributed by atoms with E-state index in [1.165, 1.54) is 11.3 Å². The third-order valence-corrected chi connectivity index (χ3v) is 5.21. The lowest BCUT2D eigenvalue weighted by Crippen LogP contribution is -2.32. The van der Waals surface area contributed by atoms with Gasteiger partial charge in [0.15, 0.2) is 5.17 Å². The van der Waals surface area contributed by atoms with Gasteiger partial charge in [-0.05, 0) is 31.2 Å². The molecule has 22 heavy (non-hydrogen) atoms. The Kier molecular flexibility index (Phi) is 4.52. The first-order chi connectivity index (χ1) is 10.5. The summed E-state index contributed by atoms with van der Waals surface area (Å²) in [5.41, 5.74) is 1.27. The summed E-state index contributed by atoms with van der Waals surface area (Å²) in [5, 5.41) is 4.38. The first kappa shape index (κ1) is 15.5. The number of carbonyl (C=O) groups excluding carboxylic acids is 1. The van der Waals surface area contributed by atoms with Gasteiger partial charge in [0.05, 0.1) is 10.7 Å². The third-order valence-electron chi connectivity index (χ3n) is 3.11. The Morgan fingerprint density at radius 3 is 2.77 bits per heavy atom. The van der Waals surface area contributed by atoms with Crippen molar-refractivity contribution < 1.29 is 4.79 Å². The fourth-order valence-corrected chi connectivity index (χ4v) is 3.84. The van der Waals surface area contributed by atoms with Gasteiger partial charge < -0.3 is 0 Å². The standard InChI is InChI=1S/C15H14ClN3OS2/c1-9-7-19(14(20)13-8-21-10(2)17-13)15(22-9)18-12-5-3-11(16)4-6-12/h3-6,8-9H,7H2,1-2H3. The van der Waals surface area contributed by atoms with Gasteiger partial charge in [-0.1, -0.05) is 30.3 Å². The SMILES string of the molecule is Cc1nc(C(=O)N2CC(C)SC2=Nc2ccc(Cl)cc2)cs1. The molecular weight excluding hydrogens is 338 g/mol. The van der Waals surface area contributed by atoms with E-state index in [0.29, 0.717) is 27.7 Å². The van der Waals surface area contributed by atoms with Crippen molar-refractivity contribution in [3.8, 4) is 0 Å². The molecule has 0 radical (unpaired) electrons. The quantitative estimate of drug-likeness (QED) is 0.807. The summed E-state index contributed by atoms with van der Waals surface area (Å²) < 4.78 is 0. The number of amidine groups is 1. The van der Waals surface area contributed by atoms with E-state index in [1.54, 1.807) is 34.2 Å². The van der Waals surface area contributed by atoms with E-state index < -0.39 is 0 Å². The van der Waals surface area contributed by atoms with Crippen LogP contribution in [0.4, 0.5) is 5.69 Å². The number of thiazole rings is 1. The van der Waals surface area contributed by atoms with Crippen molar-refractivity contribution in [1.29, 1.82) is 0 Å². The minimum atomic E-state index is -0.0890. The Morgan fingerprint density at radius 1 is 1.41 bits per heavy atom. The largest absolute Gasteiger partial charge is 0.285 e. The molecule has 1 aliphatic heterocycles. The highest BCUT2D eigenvalue weighted by atomic mass is 35.5. The van der Waals surface area contributed by atoms with E-state index in [4.69, 9.17) is 11.6 Å². The number of thioether (sulfide) groups is 1. The Morgan fingerprint density at radius 2 is 2.14 bits per heavy atom. The smallest absolute Gasteiger partial charge is 0.279 e. The molecule has 7 heteroatoms. The number of amides is 1. The highest BCUT2D eigenvalue weighted by Crippen LogP contribution is 2.30. The van der Waals surface area contributed by atoms with Gasteiger partial charge in [-0.2, -0.15) is 0 Å². The van der Waals surface area contributed by atoms with Crippen molar-refractivity contribution in [2.45, 2.75) is 19.1 Å². The number of aryl methyl sites for hydroxylation is 1. The van der Waals surface area contributed by atoms with Crippen molar-refractivity contribution >= 4 is 51.5 Å². The van der Waals surface area contributed by atoms with E-state index in [2.05, 4.69) is 16.9 Å². The minimum absolute atomic E-state index is 0.0890. The first-order valence-electron chi connectivity index (χ1n) is 6.78. The zero-order valence-electron chi connectivity index (χ0n) is 12.1. The summed E-state index contributed by atoms with van der Waals surface area (Å²) in [5.74, 6) is -0.0890. The van der Waals surface area contributed by atoms with Gasteiger partial charge in [0.2, 0.25) is 0 Å². The molecule has 2 heterocycles. The normalized spacial score (nSPS) is 19.9. The minimum Gasteiger partial charge on any atom is -0.285 e. The van der Waals surface area contributed by atoms with Crippen molar-refractivity contribution in [1.82, 2.24) is 9.88 Å². The molecule has 0 saturated carbocycles. The fraction of sp³-hybridized carbons (Fsp3) is 0.267. The molecule has 1 amide bonds. The highest BCUT2D eigenvalue weighted by molar-refractivity contribution is 8.14. The van der Waals surface area contributed by atoms with Crippen LogP contribution in [0.1, 0.15) is 22.4 Å². The number of rotatable bonds is 2. The van der Waals surface area contributed by atoms with E-state index in [-0.39, 0.29) is 5.91 Å². The van der Waals surface area contributed by atoms with Gasteiger partial charge in [-0.3, -0.25) is 9.69 Å². The molecule has 1 aromatic carbocycles. The van der Waals surface area contributed by atoms with Crippen LogP contribution in [0, 0.1) is 6.92 Å². The first-order valence-corrected chi connectivity index (χ1v) is 8.91. The number of aliphatic imine (C=N–C) groups is 1. The second-order valence-electron chi connectivity index (χ2n) is 4.97. The maximum atomic E-state index is 12.6. The second kappa shape index (κ2) is 6.40. The Hall–Kier alpha value is -1.37. The second-order valence-corrected chi connectivity index (χ2v) is 7.87. The molecule has 0 aliphatic carbocycles. The third kappa shape index (κ3) is 3.34. The average molecular weight is 352 g/mol. The number of hydrogen-bond donors (Lipinski definition) is 0. The van der Waals surface area contributed by atoms with Gasteiger partial charge >= 0.3 is 0 Å². The maximum Gasteiger partial charge on any atom is 0.279 e. The molecule has 1 aliphatic rings.